The molecule has 196 valence electrons. The Morgan fingerprint density at radius 2 is 1.71 bits per heavy atom. The minimum atomic E-state index is -2.32. The first-order valence-electron chi connectivity index (χ1n) is 13.0. The molecule has 0 saturated heterocycles. The fraction of sp³-hybridized carbons (Fsp3) is 0.344. The van der Waals surface area contributed by atoms with Crippen molar-refractivity contribution in [2.24, 2.45) is 11.8 Å². The van der Waals surface area contributed by atoms with Crippen LogP contribution in [-0.4, -0.2) is 38.3 Å². The number of aryl methyl sites for hydroxylation is 1. The molecule has 0 fully saturated rings. The Kier molecular flexibility index (Phi) is 6.27. The highest BCUT2D eigenvalue weighted by atomic mass is 16.3. The van der Waals surface area contributed by atoms with Crippen LogP contribution in [0.4, 0.5) is 0 Å². The third-order valence-corrected chi connectivity index (χ3v) is 8.41. The molecule has 0 heterocycles. The molecule has 6 nitrogen and oxygen atoms in total. The minimum Gasteiger partial charge on any atom is -0.508 e. The van der Waals surface area contributed by atoms with E-state index in [2.05, 4.69) is 30.8 Å². The number of benzene rings is 2. The molecular weight excluding hydrogens is 480 g/mol. The standard InChI is InChI=1S/C32H32O6/c1-16-5-7-20(8-6-16)11-17(2)12-21-9-10-25(34)28-24(21)15-22-14-23-13-18(3)26(19(4)33)30(36)32(23,38)31(37)27(22)29(28)35/h5-10,22-23,34,37-38H,2,11-15H2,1,3-4H3/t22-,23-,32-/m0/s1. The zero-order valence-corrected chi connectivity index (χ0v) is 21.9. The quantitative estimate of drug-likeness (QED) is 0.391. The molecule has 3 N–H and O–H groups in total. The lowest BCUT2D eigenvalue weighted by atomic mass is 9.59. The van der Waals surface area contributed by atoms with E-state index in [1.807, 2.05) is 13.0 Å². The smallest absolute Gasteiger partial charge is 0.205 e. The first kappa shape index (κ1) is 25.9. The van der Waals surface area contributed by atoms with Gasteiger partial charge < -0.3 is 15.3 Å². The number of hydrogen-bond donors (Lipinski definition) is 3. The van der Waals surface area contributed by atoms with E-state index >= 15 is 0 Å². The van der Waals surface area contributed by atoms with Crippen LogP contribution in [0.3, 0.4) is 0 Å². The van der Waals surface area contributed by atoms with E-state index in [1.54, 1.807) is 6.92 Å². The molecule has 0 saturated carbocycles. The van der Waals surface area contributed by atoms with Crippen LogP contribution in [0, 0.1) is 18.8 Å². The van der Waals surface area contributed by atoms with Crippen LogP contribution in [-0.2, 0) is 28.9 Å². The zero-order chi connectivity index (χ0) is 27.5. The summed E-state index contributed by atoms with van der Waals surface area (Å²) in [7, 11) is 0. The molecule has 0 radical (unpaired) electrons. The number of carbonyl (C=O) groups is 3. The lowest BCUT2D eigenvalue weighted by Crippen LogP contribution is -2.56. The predicted octanol–water partition coefficient (Wildman–Crippen LogP) is 4.84. The number of carbonyl (C=O) groups excluding carboxylic acids is 3. The topological polar surface area (TPSA) is 112 Å². The molecule has 2 aromatic carbocycles. The van der Waals surface area contributed by atoms with Crippen molar-refractivity contribution < 1.29 is 29.7 Å². The Hall–Kier alpha value is -3.77. The highest BCUT2D eigenvalue weighted by molar-refractivity contribution is 6.25. The largest absolute Gasteiger partial charge is 0.508 e. The van der Waals surface area contributed by atoms with Gasteiger partial charge in [-0.2, -0.15) is 0 Å². The van der Waals surface area contributed by atoms with Crippen LogP contribution in [0.25, 0.3) is 0 Å². The van der Waals surface area contributed by atoms with Gasteiger partial charge in [-0.3, -0.25) is 14.4 Å². The summed E-state index contributed by atoms with van der Waals surface area (Å²) in [6.07, 6.45) is 2.16. The summed E-state index contributed by atoms with van der Waals surface area (Å²) in [4.78, 5) is 39.2. The summed E-state index contributed by atoms with van der Waals surface area (Å²) in [6, 6.07) is 11.5. The molecule has 0 spiro atoms. The SMILES string of the molecule is C=C(Cc1ccc(C)cc1)Cc1ccc(O)c2c1C[C@@H]1C[C@@H]3CC(C)=C(C(C)=O)C(=O)[C@]3(O)C(O)=C1C2=O. The Bertz CT molecular complexity index is 1470. The number of aromatic hydroxyl groups is 1. The number of hydrogen-bond acceptors (Lipinski definition) is 6. The summed E-state index contributed by atoms with van der Waals surface area (Å²) in [6.45, 7) is 9.24. The van der Waals surface area contributed by atoms with Gasteiger partial charge in [-0.25, -0.2) is 0 Å². The van der Waals surface area contributed by atoms with Crippen molar-refractivity contribution in [3.8, 4) is 5.75 Å². The van der Waals surface area contributed by atoms with Crippen molar-refractivity contribution in [3.63, 3.8) is 0 Å². The van der Waals surface area contributed by atoms with E-state index in [-0.39, 0.29) is 28.9 Å². The number of allylic oxidation sites excluding steroid dienone is 3. The number of aliphatic hydroxyl groups excluding tert-OH is 1. The third kappa shape index (κ3) is 3.95. The summed E-state index contributed by atoms with van der Waals surface area (Å²) >= 11 is 0. The Morgan fingerprint density at radius 1 is 1.03 bits per heavy atom. The molecule has 2 aromatic rings. The van der Waals surface area contributed by atoms with E-state index in [1.165, 1.54) is 18.6 Å². The molecule has 38 heavy (non-hydrogen) atoms. The molecule has 3 aliphatic rings. The van der Waals surface area contributed by atoms with Crippen LogP contribution in [0.15, 0.2) is 71.0 Å². The monoisotopic (exact) mass is 512 g/mol. The van der Waals surface area contributed by atoms with E-state index in [9.17, 15) is 29.7 Å². The van der Waals surface area contributed by atoms with Crippen molar-refractivity contribution in [2.45, 2.75) is 58.5 Å². The molecule has 0 aliphatic heterocycles. The van der Waals surface area contributed by atoms with Gasteiger partial charge >= 0.3 is 0 Å². The molecule has 0 aromatic heterocycles. The van der Waals surface area contributed by atoms with Crippen LogP contribution in [0.1, 0.15) is 59.3 Å². The van der Waals surface area contributed by atoms with Crippen molar-refractivity contribution in [3.05, 3.63) is 98.8 Å². The number of Topliss-reactive ketones (excluding diaryl/α,β-unsaturated/α-hetero) is 3. The summed E-state index contributed by atoms with van der Waals surface area (Å²) in [5.74, 6) is -3.89. The molecule has 3 aliphatic carbocycles. The Labute approximate surface area is 222 Å². The number of rotatable bonds is 5. The van der Waals surface area contributed by atoms with Gasteiger partial charge in [0.25, 0.3) is 0 Å². The van der Waals surface area contributed by atoms with Gasteiger partial charge in [0.05, 0.1) is 11.1 Å². The van der Waals surface area contributed by atoms with Crippen molar-refractivity contribution in [1.82, 2.24) is 0 Å². The van der Waals surface area contributed by atoms with Gasteiger partial charge in [0.15, 0.2) is 17.2 Å². The maximum absolute atomic E-state index is 13.7. The molecule has 6 heteroatoms. The second kappa shape index (κ2) is 9.21. The predicted molar refractivity (Wildman–Crippen MR) is 143 cm³/mol. The van der Waals surface area contributed by atoms with Crippen LogP contribution in [0.2, 0.25) is 0 Å². The summed E-state index contributed by atoms with van der Waals surface area (Å²) < 4.78 is 0. The third-order valence-electron chi connectivity index (χ3n) is 8.41. The molecule has 5 rings (SSSR count). The van der Waals surface area contributed by atoms with Gasteiger partial charge in [-0.15, -0.1) is 0 Å². The van der Waals surface area contributed by atoms with Gasteiger partial charge in [0, 0.05) is 11.5 Å². The second-order valence-corrected chi connectivity index (χ2v) is 11.1. The van der Waals surface area contributed by atoms with Gasteiger partial charge in [0.1, 0.15) is 11.5 Å². The van der Waals surface area contributed by atoms with Crippen LogP contribution >= 0.6 is 0 Å². The average Bonchev–Trinajstić information content (AvgIpc) is 2.84. The highest BCUT2D eigenvalue weighted by Gasteiger charge is 2.58. The average molecular weight is 513 g/mol. The fourth-order valence-electron chi connectivity index (χ4n) is 6.58. The summed E-state index contributed by atoms with van der Waals surface area (Å²) in [5, 5.41) is 33.5. The number of phenols is 1. The zero-order valence-electron chi connectivity index (χ0n) is 21.9. The van der Waals surface area contributed by atoms with E-state index in [0.29, 0.717) is 36.8 Å². The second-order valence-electron chi connectivity index (χ2n) is 11.1. The van der Waals surface area contributed by atoms with Gasteiger partial charge in [-0.05, 0) is 81.5 Å². The normalized spacial score (nSPS) is 24.6. The van der Waals surface area contributed by atoms with E-state index in [4.69, 9.17) is 0 Å². The fourth-order valence-corrected chi connectivity index (χ4v) is 6.58. The summed E-state index contributed by atoms with van der Waals surface area (Å²) in [5.41, 5.74) is 3.08. The Balaban J connectivity index is 1.52. The van der Waals surface area contributed by atoms with E-state index < -0.39 is 40.5 Å². The maximum atomic E-state index is 13.7. The molecular formula is C32H32O6. The number of fused-ring (bicyclic) bond motifs is 3. The van der Waals surface area contributed by atoms with Crippen molar-refractivity contribution in [1.29, 1.82) is 0 Å². The first-order chi connectivity index (χ1) is 17.9. The number of ketones is 3. The minimum absolute atomic E-state index is 0.0435. The maximum Gasteiger partial charge on any atom is 0.205 e. The molecule has 0 amide bonds. The van der Waals surface area contributed by atoms with Crippen LogP contribution < -0.4 is 0 Å². The lowest BCUT2D eigenvalue weighted by Gasteiger charge is -2.46. The van der Waals surface area contributed by atoms with Crippen molar-refractivity contribution in [2.75, 3.05) is 0 Å². The van der Waals surface area contributed by atoms with Gasteiger partial charge in [0.2, 0.25) is 5.78 Å². The molecule has 3 atom stereocenters. The number of phenolic OH excluding ortho intramolecular Hbond substituents is 1. The first-order valence-corrected chi connectivity index (χ1v) is 13.0. The molecule has 0 unspecified atom stereocenters. The number of aliphatic hydroxyl groups is 2. The van der Waals surface area contributed by atoms with Crippen LogP contribution in [0.5, 0.6) is 5.75 Å². The van der Waals surface area contributed by atoms with E-state index in [0.717, 1.165) is 16.7 Å². The van der Waals surface area contributed by atoms with Crippen molar-refractivity contribution >= 4 is 17.3 Å². The van der Waals surface area contributed by atoms with Gasteiger partial charge in [-0.1, -0.05) is 53.6 Å². The lowest BCUT2D eigenvalue weighted by molar-refractivity contribution is -0.143. The molecule has 0 bridgehead atoms. The Morgan fingerprint density at radius 3 is 2.37 bits per heavy atom. The highest BCUT2D eigenvalue weighted by Crippen LogP contribution is 2.52.